The van der Waals surface area contributed by atoms with E-state index in [1.165, 1.54) is 0 Å². The highest BCUT2D eigenvalue weighted by molar-refractivity contribution is 5.95. The minimum atomic E-state index is -0.0890. The number of ether oxygens (including phenoxy) is 1. The third-order valence-electron chi connectivity index (χ3n) is 4.46. The van der Waals surface area contributed by atoms with Gasteiger partial charge in [0, 0.05) is 24.7 Å². The standard InChI is InChI=1S/C23H22N2O2/c1-3-14-27-22-13-12-18-6-4-5-7-20(18)21(22)16-25(2)23(26)19-10-8-17(15-24)9-11-19/h4-13H,3,14,16H2,1-2H3. The zero-order chi connectivity index (χ0) is 19.2. The Kier molecular flexibility index (Phi) is 5.73. The fraction of sp³-hybridized carbons (Fsp3) is 0.217. The van der Waals surface area contributed by atoms with Gasteiger partial charge in [-0.3, -0.25) is 4.79 Å². The molecule has 0 unspecified atom stereocenters. The number of benzene rings is 3. The quantitative estimate of drug-likeness (QED) is 0.638. The number of hydrogen-bond donors (Lipinski definition) is 0. The average Bonchev–Trinajstić information content (AvgIpc) is 2.72. The maximum absolute atomic E-state index is 12.8. The first-order valence-corrected chi connectivity index (χ1v) is 9.03. The maximum Gasteiger partial charge on any atom is 0.253 e. The SMILES string of the molecule is CCCOc1ccc2ccccc2c1CN(C)C(=O)c1ccc(C#N)cc1. The molecule has 0 saturated heterocycles. The minimum Gasteiger partial charge on any atom is -0.493 e. The summed E-state index contributed by atoms with van der Waals surface area (Å²) in [6.45, 7) is 3.15. The Morgan fingerprint density at radius 2 is 1.81 bits per heavy atom. The number of carbonyl (C=O) groups is 1. The van der Waals surface area contributed by atoms with E-state index >= 15 is 0 Å². The summed E-state index contributed by atoms with van der Waals surface area (Å²) in [5.41, 5.74) is 2.11. The molecule has 0 aliphatic carbocycles. The van der Waals surface area contributed by atoms with Crippen molar-refractivity contribution in [3.8, 4) is 11.8 Å². The van der Waals surface area contributed by atoms with Gasteiger partial charge in [-0.25, -0.2) is 0 Å². The molecule has 136 valence electrons. The number of hydrogen-bond acceptors (Lipinski definition) is 3. The van der Waals surface area contributed by atoms with Gasteiger partial charge in [-0.15, -0.1) is 0 Å². The lowest BCUT2D eigenvalue weighted by Gasteiger charge is -2.21. The van der Waals surface area contributed by atoms with Crippen molar-refractivity contribution in [2.45, 2.75) is 19.9 Å². The molecule has 0 aromatic heterocycles. The third-order valence-corrected chi connectivity index (χ3v) is 4.46. The van der Waals surface area contributed by atoms with Crippen LogP contribution in [0, 0.1) is 11.3 Å². The Hall–Kier alpha value is -3.32. The van der Waals surface area contributed by atoms with Gasteiger partial charge in [0.05, 0.1) is 18.2 Å². The molecule has 3 aromatic rings. The van der Waals surface area contributed by atoms with Crippen LogP contribution in [0.3, 0.4) is 0 Å². The molecule has 0 radical (unpaired) electrons. The molecule has 1 amide bonds. The highest BCUT2D eigenvalue weighted by atomic mass is 16.5. The molecule has 0 atom stereocenters. The van der Waals surface area contributed by atoms with Gasteiger partial charge in [-0.1, -0.05) is 37.3 Å². The molecule has 0 bridgehead atoms. The first-order valence-electron chi connectivity index (χ1n) is 9.03. The van der Waals surface area contributed by atoms with Crippen molar-refractivity contribution >= 4 is 16.7 Å². The topological polar surface area (TPSA) is 53.3 Å². The van der Waals surface area contributed by atoms with Gasteiger partial charge in [-0.05, 0) is 47.5 Å². The van der Waals surface area contributed by atoms with E-state index in [1.54, 1.807) is 36.2 Å². The van der Waals surface area contributed by atoms with Gasteiger partial charge in [-0.2, -0.15) is 5.26 Å². The second kappa shape index (κ2) is 8.37. The summed E-state index contributed by atoms with van der Waals surface area (Å²) in [7, 11) is 1.78. The molecular formula is C23H22N2O2. The van der Waals surface area contributed by atoms with Gasteiger partial charge < -0.3 is 9.64 Å². The molecule has 4 nitrogen and oxygen atoms in total. The van der Waals surface area contributed by atoms with E-state index in [2.05, 4.69) is 25.1 Å². The normalized spacial score (nSPS) is 10.4. The predicted octanol–water partition coefficient (Wildman–Crippen LogP) is 4.77. The number of nitriles is 1. The van der Waals surface area contributed by atoms with Gasteiger partial charge in [0.25, 0.3) is 5.91 Å². The zero-order valence-corrected chi connectivity index (χ0v) is 15.6. The smallest absolute Gasteiger partial charge is 0.253 e. The molecule has 0 aliphatic rings. The van der Waals surface area contributed by atoms with Crippen molar-refractivity contribution in [1.82, 2.24) is 4.90 Å². The number of rotatable bonds is 6. The van der Waals surface area contributed by atoms with E-state index in [9.17, 15) is 4.79 Å². The Balaban J connectivity index is 1.91. The van der Waals surface area contributed by atoms with E-state index in [4.69, 9.17) is 10.00 Å². The summed E-state index contributed by atoms with van der Waals surface area (Å²) in [6, 6.07) is 20.9. The first-order chi connectivity index (χ1) is 13.1. The minimum absolute atomic E-state index is 0.0890. The summed E-state index contributed by atoms with van der Waals surface area (Å²) in [4.78, 5) is 14.5. The highest BCUT2D eigenvalue weighted by Crippen LogP contribution is 2.29. The molecule has 0 aliphatic heterocycles. The molecule has 4 heteroatoms. The number of carbonyl (C=O) groups excluding carboxylic acids is 1. The van der Waals surface area contributed by atoms with Crippen LogP contribution in [0.25, 0.3) is 10.8 Å². The van der Waals surface area contributed by atoms with E-state index < -0.39 is 0 Å². The summed E-state index contributed by atoms with van der Waals surface area (Å²) < 4.78 is 5.94. The highest BCUT2D eigenvalue weighted by Gasteiger charge is 2.16. The van der Waals surface area contributed by atoms with E-state index in [-0.39, 0.29) is 5.91 Å². The molecule has 0 fully saturated rings. The predicted molar refractivity (Wildman–Crippen MR) is 107 cm³/mol. The Morgan fingerprint density at radius 3 is 2.52 bits per heavy atom. The fourth-order valence-corrected chi connectivity index (χ4v) is 3.04. The van der Waals surface area contributed by atoms with Crippen molar-refractivity contribution in [3.05, 3.63) is 77.4 Å². The van der Waals surface area contributed by atoms with Gasteiger partial charge in [0.1, 0.15) is 5.75 Å². The van der Waals surface area contributed by atoms with Crippen LogP contribution in [-0.2, 0) is 6.54 Å². The van der Waals surface area contributed by atoms with E-state index in [0.717, 1.165) is 28.5 Å². The second-order valence-corrected chi connectivity index (χ2v) is 6.46. The summed E-state index contributed by atoms with van der Waals surface area (Å²) >= 11 is 0. The van der Waals surface area contributed by atoms with Crippen molar-refractivity contribution in [2.75, 3.05) is 13.7 Å². The molecule has 27 heavy (non-hydrogen) atoms. The number of fused-ring (bicyclic) bond motifs is 1. The van der Waals surface area contributed by atoms with E-state index in [1.807, 2.05) is 24.3 Å². The average molecular weight is 358 g/mol. The van der Waals surface area contributed by atoms with Crippen LogP contribution in [0.15, 0.2) is 60.7 Å². The van der Waals surface area contributed by atoms with Crippen molar-refractivity contribution < 1.29 is 9.53 Å². The lowest BCUT2D eigenvalue weighted by molar-refractivity contribution is 0.0784. The summed E-state index contributed by atoms with van der Waals surface area (Å²) in [5, 5.41) is 11.1. The van der Waals surface area contributed by atoms with Crippen LogP contribution in [0.4, 0.5) is 0 Å². The summed E-state index contributed by atoms with van der Waals surface area (Å²) in [6.07, 6.45) is 0.923. The van der Waals surface area contributed by atoms with Crippen molar-refractivity contribution in [3.63, 3.8) is 0 Å². The van der Waals surface area contributed by atoms with Gasteiger partial charge in [0.2, 0.25) is 0 Å². The maximum atomic E-state index is 12.8. The Labute approximate surface area is 159 Å². The first kappa shape index (κ1) is 18.5. The monoisotopic (exact) mass is 358 g/mol. The lowest BCUT2D eigenvalue weighted by Crippen LogP contribution is -2.26. The summed E-state index contributed by atoms with van der Waals surface area (Å²) in [5.74, 6) is 0.726. The van der Waals surface area contributed by atoms with Gasteiger partial charge in [0.15, 0.2) is 0 Å². The Bertz CT molecular complexity index is 987. The van der Waals surface area contributed by atoms with Gasteiger partial charge >= 0.3 is 0 Å². The Morgan fingerprint density at radius 1 is 1.07 bits per heavy atom. The molecule has 3 rings (SSSR count). The molecule has 0 heterocycles. The molecule has 0 spiro atoms. The molecule has 0 saturated carbocycles. The van der Waals surface area contributed by atoms with Crippen LogP contribution < -0.4 is 4.74 Å². The lowest BCUT2D eigenvalue weighted by atomic mass is 10.0. The zero-order valence-electron chi connectivity index (χ0n) is 15.6. The number of amides is 1. The van der Waals surface area contributed by atoms with Crippen LogP contribution in [0.5, 0.6) is 5.75 Å². The van der Waals surface area contributed by atoms with Crippen LogP contribution in [-0.4, -0.2) is 24.5 Å². The van der Waals surface area contributed by atoms with Crippen molar-refractivity contribution in [1.29, 1.82) is 5.26 Å². The van der Waals surface area contributed by atoms with Crippen LogP contribution in [0.2, 0.25) is 0 Å². The van der Waals surface area contributed by atoms with Crippen LogP contribution in [0.1, 0.15) is 34.8 Å². The van der Waals surface area contributed by atoms with Crippen molar-refractivity contribution in [2.24, 2.45) is 0 Å². The number of nitrogens with zero attached hydrogens (tertiary/aromatic N) is 2. The molecular weight excluding hydrogens is 336 g/mol. The molecule has 3 aromatic carbocycles. The largest absolute Gasteiger partial charge is 0.493 e. The van der Waals surface area contributed by atoms with Crippen LogP contribution >= 0.6 is 0 Å². The van der Waals surface area contributed by atoms with E-state index in [0.29, 0.717) is 24.3 Å². The fourth-order valence-electron chi connectivity index (χ4n) is 3.04. The molecule has 0 N–H and O–H groups in total. The third kappa shape index (κ3) is 4.09. The second-order valence-electron chi connectivity index (χ2n) is 6.46.